The molecule has 1 unspecified atom stereocenters. The molecule has 30 heavy (non-hydrogen) atoms. The van der Waals surface area contributed by atoms with Crippen molar-refractivity contribution in [3.05, 3.63) is 66.7 Å². The average Bonchev–Trinajstić information content (AvgIpc) is 3.50. The molecule has 1 amide bonds. The van der Waals surface area contributed by atoms with Gasteiger partial charge in [-0.2, -0.15) is 0 Å². The van der Waals surface area contributed by atoms with E-state index < -0.39 is 29.5 Å². The Bertz CT molecular complexity index is 1150. The lowest BCUT2D eigenvalue weighted by Crippen LogP contribution is -2.30. The molecule has 7 nitrogen and oxygen atoms in total. The Morgan fingerprint density at radius 3 is 2.60 bits per heavy atom. The number of carbonyl (C=O) groups excluding carboxylic acids is 3. The van der Waals surface area contributed by atoms with Gasteiger partial charge in [-0.25, -0.2) is 9.78 Å². The first kappa shape index (κ1) is 20.5. The quantitative estimate of drug-likeness (QED) is 0.429. The largest absolute Gasteiger partial charge is 0.503 e. The van der Waals surface area contributed by atoms with Crippen LogP contribution in [0.25, 0.3) is 0 Å². The number of aryl methyl sites for hydroxylation is 1. The number of anilines is 1. The highest BCUT2D eigenvalue weighted by atomic mass is 32.1. The molecule has 1 N–H and O–H groups in total. The summed E-state index contributed by atoms with van der Waals surface area (Å²) in [6.07, 6.45) is 0. The highest BCUT2D eigenvalue weighted by molar-refractivity contribution is 7.17. The molecule has 0 radical (unpaired) electrons. The van der Waals surface area contributed by atoms with Crippen LogP contribution in [0.2, 0.25) is 0 Å². The van der Waals surface area contributed by atoms with Gasteiger partial charge in [0.15, 0.2) is 10.9 Å². The standard InChI is InChI=1S/C20H16N2O5S3/c1-3-27-19(26)17-10(2)21-20(30-17)22-14(11-6-4-8-28-11)13(16(24)18(22)25)15(23)12-7-5-9-29-12/h4-9,14,24H,3H2,1-2H3. The summed E-state index contributed by atoms with van der Waals surface area (Å²) in [6, 6.07) is 6.16. The molecule has 0 fully saturated rings. The molecule has 3 aromatic rings. The predicted molar refractivity (Wildman–Crippen MR) is 116 cm³/mol. The minimum Gasteiger partial charge on any atom is -0.503 e. The molecule has 10 heteroatoms. The second-order valence-electron chi connectivity index (χ2n) is 6.29. The van der Waals surface area contributed by atoms with E-state index in [1.54, 1.807) is 37.4 Å². The van der Waals surface area contributed by atoms with E-state index in [1.807, 2.05) is 11.4 Å². The van der Waals surface area contributed by atoms with Crippen LogP contribution in [0.15, 0.2) is 46.4 Å². The van der Waals surface area contributed by atoms with Crippen LogP contribution >= 0.6 is 34.0 Å². The van der Waals surface area contributed by atoms with E-state index in [0.29, 0.717) is 15.4 Å². The maximum atomic E-state index is 13.1. The average molecular weight is 461 g/mol. The fraction of sp³-hybridized carbons (Fsp3) is 0.200. The maximum Gasteiger partial charge on any atom is 0.350 e. The highest BCUT2D eigenvalue weighted by Crippen LogP contribution is 2.45. The molecule has 1 aliphatic heterocycles. The van der Waals surface area contributed by atoms with Gasteiger partial charge in [-0.05, 0) is 36.7 Å². The van der Waals surface area contributed by atoms with Crippen molar-refractivity contribution < 1.29 is 24.2 Å². The monoisotopic (exact) mass is 460 g/mol. The first-order valence-electron chi connectivity index (χ1n) is 8.96. The summed E-state index contributed by atoms with van der Waals surface area (Å²) in [5.41, 5.74) is 0.430. The van der Waals surface area contributed by atoms with Crippen molar-refractivity contribution in [3.63, 3.8) is 0 Å². The number of aliphatic hydroxyl groups is 1. The number of Topliss-reactive ketones (excluding diaryl/α,β-unsaturated/α-hetero) is 1. The molecule has 0 saturated heterocycles. The summed E-state index contributed by atoms with van der Waals surface area (Å²) in [6.45, 7) is 3.57. The van der Waals surface area contributed by atoms with E-state index in [-0.39, 0.29) is 22.2 Å². The third kappa shape index (κ3) is 3.36. The van der Waals surface area contributed by atoms with Gasteiger partial charge in [-0.1, -0.05) is 23.5 Å². The van der Waals surface area contributed by atoms with Crippen molar-refractivity contribution in [2.75, 3.05) is 11.5 Å². The van der Waals surface area contributed by atoms with Gasteiger partial charge in [-0.3, -0.25) is 14.5 Å². The summed E-state index contributed by atoms with van der Waals surface area (Å²) in [4.78, 5) is 45.5. The maximum absolute atomic E-state index is 13.1. The van der Waals surface area contributed by atoms with Crippen LogP contribution in [-0.4, -0.2) is 34.4 Å². The fourth-order valence-corrected chi connectivity index (χ4v) is 5.65. The van der Waals surface area contributed by atoms with Gasteiger partial charge in [0.25, 0.3) is 5.91 Å². The number of aromatic nitrogens is 1. The first-order chi connectivity index (χ1) is 14.4. The van der Waals surface area contributed by atoms with Crippen LogP contribution in [0.4, 0.5) is 5.13 Å². The van der Waals surface area contributed by atoms with Gasteiger partial charge < -0.3 is 9.84 Å². The van der Waals surface area contributed by atoms with E-state index in [1.165, 1.54) is 27.6 Å². The van der Waals surface area contributed by atoms with Gasteiger partial charge in [0, 0.05) is 4.88 Å². The molecule has 1 atom stereocenters. The second-order valence-corrected chi connectivity index (χ2v) is 9.20. The van der Waals surface area contributed by atoms with E-state index in [9.17, 15) is 19.5 Å². The summed E-state index contributed by atoms with van der Waals surface area (Å²) >= 11 is 3.60. The number of thiophene rings is 2. The summed E-state index contributed by atoms with van der Waals surface area (Å²) < 4.78 is 5.06. The molecule has 4 heterocycles. The van der Waals surface area contributed by atoms with E-state index >= 15 is 0 Å². The Morgan fingerprint density at radius 1 is 1.23 bits per heavy atom. The molecule has 3 aromatic heterocycles. The minimum absolute atomic E-state index is 0.00966. The molecular formula is C20H16N2O5S3. The third-order valence-corrected chi connectivity index (χ3v) is 7.39. The number of amides is 1. The van der Waals surface area contributed by atoms with E-state index in [4.69, 9.17) is 4.74 Å². The zero-order valence-electron chi connectivity index (χ0n) is 15.9. The zero-order chi connectivity index (χ0) is 21.4. The van der Waals surface area contributed by atoms with Crippen molar-refractivity contribution in [2.45, 2.75) is 19.9 Å². The number of esters is 1. The number of carbonyl (C=O) groups is 3. The Balaban J connectivity index is 1.81. The van der Waals surface area contributed by atoms with E-state index in [2.05, 4.69) is 4.98 Å². The molecule has 1 aliphatic rings. The van der Waals surface area contributed by atoms with Crippen LogP contribution in [0, 0.1) is 6.92 Å². The van der Waals surface area contributed by atoms with Gasteiger partial charge in [0.05, 0.1) is 22.8 Å². The Morgan fingerprint density at radius 2 is 1.97 bits per heavy atom. The summed E-state index contributed by atoms with van der Waals surface area (Å²) in [5, 5.41) is 14.5. The second kappa shape index (κ2) is 8.13. The minimum atomic E-state index is -0.826. The zero-order valence-corrected chi connectivity index (χ0v) is 18.4. The lowest BCUT2D eigenvalue weighted by molar-refractivity contribution is -0.117. The number of aliphatic hydroxyl groups excluding tert-OH is 1. The lowest BCUT2D eigenvalue weighted by Gasteiger charge is -2.22. The number of rotatable bonds is 6. The van der Waals surface area contributed by atoms with E-state index in [0.717, 1.165) is 11.3 Å². The van der Waals surface area contributed by atoms with Gasteiger partial charge in [-0.15, -0.1) is 22.7 Å². The molecular weight excluding hydrogens is 444 g/mol. The van der Waals surface area contributed by atoms with Crippen molar-refractivity contribution >= 4 is 56.8 Å². The predicted octanol–water partition coefficient (Wildman–Crippen LogP) is 4.53. The Kier molecular flexibility index (Phi) is 5.54. The van der Waals surface area contributed by atoms with Crippen molar-refractivity contribution in [2.24, 2.45) is 0 Å². The van der Waals surface area contributed by atoms with Gasteiger partial charge in [0.2, 0.25) is 5.78 Å². The molecule has 154 valence electrons. The summed E-state index contributed by atoms with van der Waals surface area (Å²) in [5.74, 6) is -2.25. The van der Waals surface area contributed by atoms with Gasteiger partial charge >= 0.3 is 5.97 Å². The molecule has 0 aliphatic carbocycles. The first-order valence-corrected chi connectivity index (χ1v) is 11.5. The fourth-order valence-electron chi connectivity index (χ4n) is 3.16. The number of ether oxygens (including phenoxy) is 1. The highest BCUT2D eigenvalue weighted by Gasteiger charge is 2.46. The molecule has 0 aromatic carbocycles. The number of nitrogens with zero attached hydrogens (tertiary/aromatic N) is 2. The summed E-state index contributed by atoms with van der Waals surface area (Å²) in [7, 11) is 0. The van der Waals surface area contributed by atoms with Crippen molar-refractivity contribution in [1.29, 1.82) is 0 Å². The van der Waals surface area contributed by atoms with Crippen molar-refractivity contribution in [3.8, 4) is 0 Å². The van der Waals surface area contributed by atoms with Crippen molar-refractivity contribution in [1.82, 2.24) is 4.98 Å². The number of hydrogen-bond donors (Lipinski definition) is 1. The third-order valence-electron chi connectivity index (χ3n) is 4.46. The molecule has 0 saturated carbocycles. The molecule has 4 rings (SSSR count). The van der Waals surface area contributed by atoms with Crippen LogP contribution in [0.3, 0.4) is 0 Å². The van der Waals surface area contributed by atoms with Gasteiger partial charge in [0.1, 0.15) is 10.9 Å². The smallest absolute Gasteiger partial charge is 0.350 e. The number of thiazole rings is 1. The number of hydrogen-bond acceptors (Lipinski definition) is 9. The Labute approximate surface area is 183 Å². The van der Waals surface area contributed by atoms with Crippen LogP contribution < -0.4 is 4.90 Å². The molecule has 0 spiro atoms. The SMILES string of the molecule is CCOC(=O)c1sc(N2C(=O)C(O)=C(C(=O)c3cccs3)C2c2cccs2)nc1C. The van der Waals surface area contributed by atoms with Crippen LogP contribution in [0.1, 0.15) is 42.9 Å². The van der Waals surface area contributed by atoms with Crippen LogP contribution in [0.5, 0.6) is 0 Å². The lowest BCUT2D eigenvalue weighted by atomic mass is 10.0. The Hall–Kier alpha value is -2.82. The topological polar surface area (TPSA) is 96.8 Å². The number of ketones is 1. The molecule has 0 bridgehead atoms. The normalized spacial score (nSPS) is 16.4. The van der Waals surface area contributed by atoms with Crippen LogP contribution in [-0.2, 0) is 9.53 Å².